The monoisotopic (exact) mass is 313 g/mol. The predicted octanol–water partition coefficient (Wildman–Crippen LogP) is 3.64. The van der Waals surface area contributed by atoms with Gasteiger partial charge in [-0.25, -0.2) is 15.0 Å². The molecular formula is C19H15N5. The number of hydrogen-bond acceptors (Lipinski definition) is 5. The van der Waals surface area contributed by atoms with E-state index in [1.54, 1.807) is 0 Å². The minimum Gasteiger partial charge on any atom is -0.368 e. The normalized spacial score (nSPS) is 10.9. The maximum atomic E-state index is 5.87. The van der Waals surface area contributed by atoms with Gasteiger partial charge >= 0.3 is 0 Å². The molecule has 0 atom stereocenters. The number of pyridine rings is 2. The van der Waals surface area contributed by atoms with Crippen LogP contribution in [0.5, 0.6) is 0 Å². The van der Waals surface area contributed by atoms with E-state index in [1.807, 2.05) is 61.8 Å². The van der Waals surface area contributed by atoms with E-state index in [9.17, 15) is 0 Å². The Bertz CT molecular complexity index is 1030. The second kappa shape index (κ2) is 5.70. The van der Waals surface area contributed by atoms with E-state index in [0.29, 0.717) is 0 Å². The maximum Gasteiger partial charge on any atom is 0.221 e. The third kappa shape index (κ3) is 2.56. The molecular weight excluding hydrogens is 298 g/mol. The van der Waals surface area contributed by atoms with Gasteiger partial charge in [-0.2, -0.15) is 0 Å². The van der Waals surface area contributed by atoms with Gasteiger partial charge in [0.15, 0.2) is 0 Å². The van der Waals surface area contributed by atoms with Crippen LogP contribution in [0.15, 0.2) is 60.9 Å². The molecule has 3 aromatic heterocycles. The van der Waals surface area contributed by atoms with Crippen LogP contribution in [0.2, 0.25) is 0 Å². The first-order valence-corrected chi connectivity index (χ1v) is 7.62. The van der Waals surface area contributed by atoms with Gasteiger partial charge in [-0.3, -0.25) is 4.98 Å². The van der Waals surface area contributed by atoms with Crippen LogP contribution in [0.25, 0.3) is 33.5 Å². The minimum atomic E-state index is 0.244. The molecule has 0 aliphatic heterocycles. The van der Waals surface area contributed by atoms with Crippen molar-refractivity contribution in [3.05, 3.63) is 66.5 Å². The third-order valence-electron chi connectivity index (χ3n) is 3.78. The van der Waals surface area contributed by atoms with E-state index in [4.69, 9.17) is 10.7 Å². The molecule has 0 amide bonds. The summed E-state index contributed by atoms with van der Waals surface area (Å²) in [6, 6.07) is 15.8. The summed E-state index contributed by atoms with van der Waals surface area (Å²) >= 11 is 0. The summed E-state index contributed by atoms with van der Waals surface area (Å²) in [7, 11) is 0. The van der Waals surface area contributed by atoms with E-state index in [-0.39, 0.29) is 5.95 Å². The largest absolute Gasteiger partial charge is 0.368 e. The van der Waals surface area contributed by atoms with Gasteiger partial charge in [0.2, 0.25) is 5.95 Å². The molecule has 0 aliphatic rings. The van der Waals surface area contributed by atoms with E-state index in [1.165, 1.54) is 0 Å². The fourth-order valence-electron chi connectivity index (χ4n) is 2.69. The molecule has 5 heteroatoms. The molecule has 0 aliphatic carbocycles. The highest BCUT2D eigenvalue weighted by atomic mass is 15.0. The van der Waals surface area contributed by atoms with Gasteiger partial charge in [0.1, 0.15) is 11.2 Å². The highest BCUT2D eigenvalue weighted by molar-refractivity contribution is 5.91. The standard InChI is InChI=1S/C19H15N5/c1-12-9-14(11-21-10-12)15-7-8-16-18(22-15)17(24-19(20)23-16)13-5-3-2-4-6-13/h2-11H,1H3,(H2,20,23,24). The molecule has 0 bridgehead atoms. The number of nitrogen functional groups attached to an aromatic ring is 1. The van der Waals surface area contributed by atoms with Crippen LogP contribution >= 0.6 is 0 Å². The summed E-state index contributed by atoms with van der Waals surface area (Å²) < 4.78 is 0. The summed E-state index contributed by atoms with van der Waals surface area (Å²) in [6.45, 7) is 2.01. The minimum absolute atomic E-state index is 0.244. The number of benzene rings is 1. The Morgan fingerprint density at radius 2 is 1.67 bits per heavy atom. The molecule has 4 aromatic rings. The molecule has 0 saturated carbocycles. The van der Waals surface area contributed by atoms with E-state index in [2.05, 4.69) is 21.0 Å². The van der Waals surface area contributed by atoms with Gasteiger partial charge in [0, 0.05) is 23.5 Å². The van der Waals surface area contributed by atoms with Crippen LogP contribution in [0.1, 0.15) is 5.56 Å². The van der Waals surface area contributed by atoms with Crippen LogP contribution in [0.4, 0.5) is 5.95 Å². The van der Waals surface area contributed by atoms with Crippen molar-refractivity contribution in [2.45, 2.75) is 6.92 Å². The molecule has 2 N–H and O–H groups in total. The summed E-state index contributed by atoms with van der Waals surface area (Å²) in [5, 5.41) is 0. The van der Waals surface area contributed by atoms with Crippen molar-refractivity contribution in [2.75, 3.05) is 5.73 Å². The lowest BCUT2D eigenvalue weighted by Gasteiger charge is -2.08. The number of rotatable bonds is 2. The number of hydrogen-bond donors (Lipinski definition) is 1. The number of anilines is 1. The Balaban J connectivity index is 1.97. The highest BCUT2D eigenvalue weighted by Gasteiger charge is 2.11. The first kappa shape index (κ1) is 14.3. The van der Waals surface area contributed by atoms with Gasteiger partial charge in [-0.1, -0.05) is 30.3 Å². The molecule has 0 unspecified atom stereocenters. The molecule has 0 spiro atoms. The summed E-state index contributed by atoms with van der Waals surface area (Å²) in [5.74, 6) is 0.244. The summed E-state index contributed by atoms with van der Waals surface area (Å²) in [5.41, 5.74) is 11.9. The average Bonchev–Trinajstić information content (AvgIpc) is 2.61. The van der Waals surface area contributed by atoms with Crippen LogP contribution in [0, 0.1) is 6.92 Å². The first-order chi connectivity index (χ1) is 11.7. The molecule has 5 nitrogen and oxygen atoms in total. The molecule has 116 valence electrons. The van der Waals surface area contributed by atoms with Gasteiger partial charge in [-0.15, -0.1) is 0 Å². The maximum absolute atomic E-state index is 5.87. The quantitative estimate of drug-likeness (QED) is 0.611. The zero-order valence-electron chi connectivity index (χ0n) is 13.1. The molecule has 24 heavy (non-hydrogen) atoms. The van der Waals surface area contributed by atoms with Crippen LogP contribution in [-0.2, 0) is 0 Å². The zero-order valence-corrected chi connectivity index (χ0v) is 13.1. The van der Waals surface area contributed by atoms with Crippen molar-refractivity contribution < 1.29 is 0 Å². The Labute approximate surface area is 139 Å². The summed E-state index contributed by atoms with van der Waals surface area (Å²) in [4.78, 5) is 17.7. The SMILES string of the molecule is Cc1cncc(-c2ccc3nc(N)nc(-c4ccccc4)c3n2)c1. The van der Waals surface area contributed by atoms with Crippen LogP contribution in [-0.4, -0.2) is 19.9 Å². The van der Waals surface area contributed by atoms with E-state index >= 15 is 0 Å². The fraction of sp³-hybridized carbons (Fsp3) is 0.0526. The second-order valence-electron chi connectivity index (χ2n) is 5.61. The number of fused-ring (bicyclic) bond motifs is 1. The van der Waals surface area contributed by atoms with Gasteiger partial charge in [-0.05, 0) is 30.7 Å². The number of aryl methyl sites for hydroxylation is 1. The first-order valence-electron chi connectivity index (χ1n) is 7.62. The van der Waals surface area contributed by atoms with Gasteiger partial charge < -0.3 is 5.73 Å². The van der Waals surface area contributed by atoms with E-state index in [0.717, 1.165) is 39.1 Å². The predicted molar refractivity (Wildman–Crippen MR) is 95.1 cm³/mol. The van der Waals surface area contributed by atoms with Gasteiger partial charge in [0.05, 0.1) is 11.2 Å². The van der Waals surface area contributed by atoms with E-state index < -0.39 is 0 Å². The molecule has 1 aromatic carbocycles. The number of nitrogens with two attached hydrogens (primary N) is 1. The van der Waals surface area contributed by atoms with Crippen molar-refractivity contribution in [3.63, 3.8) is 0 Å². The Hall–Kier alpha value is -3.34. The Morgan fingerprint density at radius 3 is 2.46 bits per heavy atom. The smallest absolute Gasteiger partial charge is 0.221 e. The average molecular weight is 313 g/mol. The molecule has 0 fully saturated rings. The summed E-state index contributed by atoms with van der Waals surface area (Å²) in [6.07, 6.45) is 3.63. The van der Waals surface area contributed by atoms with Gasteiger partial charge in [0.25, 0.3) is 0 Å². The molecule has 0 saturated heterocycles. The van der Waals surface area contributed by atoms with Crippen molar-refractivity contribution >= 4 is 17.0 Å². The van der Waals surface area contributed by atoms with Crippen molar-refractivity contribution in [3.8, 4) is 22.5 Å². The highest BCUT2D eigenvalue weighted by Crippen LogP contribution is 2.28. The fourth-order valence-corrected chi connectivity index (χ4v) is 2.69. The van der Waals surface area contributed by atoms with Crippen molar-refractivity contribution in [1.29, 1.82) is 0 Å². The zero-order chi connectivity index (χ0) is 16.5. The lowest BCUT2D eigenvalue weighted by molar-refractivity contribution is 1.21. The number of nitrogens with zero attached hydrogens (tertiary/aromatic N) is 4. The Morgan fingerprint density at radius 1 is 0.833 bits per heavy atom. The van der Waals surface area contributed by atoms with Crippen LogP contribution in [0.3, 0.4) is 0 Å². The number of aromatic nitrogens is 4. The second-order valence-corrected chi connectivity index (χ2v) is 5.61. The molecule has 0 radical (unpaired) electrons. The third-order valence-corrected chi connectivity index (χ3v) is 3.78. The topological polar surface area (TPSA) is 77.6 Å². The van der Waals surface area contributed by atoms with Crippen molar-refractivity contribution in [1.82, 2.24) is 19.9 Å². The molecule has 4 rings (SSSR count). The lowest BCUT2D eigenvalue weighted by atomic mass is 10.1. The Kier molecular flexibility index (Phi) is 3.39. The molecule has 3 heterocycles. The van der Waals surface area contributed by atoms with Crippen LogP contribution < -0.4 is 5.73 Å². The lowest BCUT2D eigenvalue weighted by Crippen LogP contribution is -2.00. The van der Waals surface area contributed by atoms with Crippen molar-refractivity contribution in [2.24, 2.45) is 0 Å².